The van der Waals surface area contributed by atoms with Crippen molar-refractivity contribution in [1.82, 2.24) is 24.7 Å². The van der Waals surface area contributed by atoms with Crippen LogP contribution in [0.2, 0.25) is 0 Å². The molecule has 0 aliphatic carbocycles. The predicted octanol–water partition coefficient (Wildman–Crippen LogP) is 2.54. The quantitative estimate of drug-likeness (QED) is 0.585. The van der Waals surface area contributed by atoms with Crippen LogP contribution in [0, 0.1) is 6.92 Å². The number of hydrogen-bond donors (Lipinski definition) is 1. The van der Waals surface area contributed by atoms with Gasteiger partial charge in [-0.15, -0.1) is 0 Å². The first-order chi connectivity index (χ1) is 10.8. The van der Waals surface area contributed by atoms with E-state index >= 15 is 0 Å². The highest BCUT2D eigenvalue weighted by Crippen LogP contribution is 2.25. The number of aryl methyl sites for hydroxylation is 2. The van der Waals surface area contributed by atoms with E-state index in [1.165, 1.54) is 11.8 Å². The normalized spacial score (nSPS) is 12.2. The Kier molecular flexibility index (Phi) is 3.79. The summed E-state index contributed by atoms with van der Waals surface area (Å²) in [5, 5.41) is 4.71. The van der Waals surface area contributed by atoms with Gasteiger partial charge in [-0.3, -0.25) is 14.5 Å². The molecule has 23 heavy (non-hydrogen) atoms. The zero-order chi connectivity index (χ0) is 16.8. The molecule has 3 heterocycles. The number of aromatic amines is 1. The van der Waals surface area contributed by atoms with Crippen LogP contribution in [0.25, 0.3) is 11.0 Å². The maximum atomic E-state index is 12.1. The summed E-state index contributed by atoms with van der Waals surface area (Å²) in [6.07, 6.45) is 1.75. The Hall–Kier alpha value is -2.09. The van der Waals surface area contributed by atoms with Crippen molar-refractivity contribution in [2.24, 2.45) is 7.05 Å². The van der Waals surface area contributed by atoms with Crippen LogP contribution in [0.1, 0.15) is 38.1 Å². The van der Waals surface area contributed by atoms with Crippen molar-refractivity contribution < 1.29 is 4.42 Å². The van der Waals surface area contributed by atoms with Gasteiger partial charge in [-0.25, -0.2) is 9.97 Å². The first-order valence-electron chi connectivity index (χ1n) is 7.27. The third-order valence-electron chi connectivity index (χ3n) is 3.58. The molecule has 0 fully saturated rings. The largest absolute Gasteiger partial charge is 0.444 e. The number of H-pyrrole nitrogens is 1. The van der Waals surface area contributed by atoms with Gasteiger partial charge in [0.1, 0.15) is 11.3 Å². The lowest BCUT2D eigenvalue weighted by Gasteiger charge is -2.12. The van der Waals surface area contributed by atoms with Gasteiger partial charge in [-0.05, 0) is 6.92 Å². The summed E-state index contributed by atoms with van der Waals surface area (Å²) in [6.45, 7) is 8.10. The zero-order valence-corrected chi connectivity index (χ0v) is 14.6. The molecule has 0 aromatic carbocycles. The summed E-state index contributed by atoms with van der Waals surface area (Å²) < 4.78 is 7.40. The van der Waals surface area contributed by atoms with E-state index in [1.54, 1.807) is 17.9 Å². The average molecular weight is 333 g/mol. The van der Waals surface area contributed by atoms with Gasteiger partial charge in [0.2, 0.25) is 5.89 Å². The highest BCUT2D eigenvalue weighted by Gasteiger charge is 2.19. The molecular weight excluding hydrogens is 314 g/mol. The summed E-state index contributed by atoms with van der Waals surface area (Å²) in [4.78, 5) is 23.6. The molecule has 3 rings (SSSR count). The minimum Gasteiger partial charge on any atom is -0.444 e. The molecule has 0 aliphatic heterocycles. The Morgan fingerprint density at radius 3 is 2.74 bits per heavy atom. The fourth-order valence-electron chi connectivity index (χ4n) is 2.09. The van der Waals surface area contributed by atoms with E-state index in [-0.39, 0.29) is 11.0 Å². The molecule has 122 valence electrons. The molecule has 0 saturated carbocycles. The second kappa shape index (κ2) is 5.52. The van der Waals surface area contributed by atoms with Gasteiger partial charge in [0.05, 0.1) is 17.6 Å². The highest BCUT2D eigenvalue weighted by molar-refractivity contribution is 7.98. The summed E-state index contributed by atoms with van der Waals surface area (Å²) in [7, 11) is 1.80. The van der Waals surface area contributed by atoms with Crippen molar-refractivity contribution in [3.8, 4) is 0 Å². The number of thioether (sulfide) groups is 1. The lowest BCUT2D eigenvalue weighted by molar-refractivity contribution is 0.390. The van der Waals surface area contributed by atoms with Crippen molar-refractivity contribution in [2.75, 3.05) is 0 Å². The smallest absolute Gasteiger partial charge is 0.279 e. The van der Waals surface area contributed by atoms with Gasteiger partial charge in [-0.1, -0.05) is 32.5 Å². The molecule has 0 amide bonds. The average Bonchev–Trinajstić information content (AvgIpc) is 3.04. The van der Waals surface area contributed by atoms with Crippen molar-refractivity contribution in [3.05, 3.63) is 33.9 Å². The number of fused-ring (bicyclic) bond motifs is 1. The highest BCUT2D eigenvalue weighted by atomic mass is 32.2. The Morgan fingerprint density at radius 1 is 1.35 bits per heavy atom. The Balaban J connectivity index is 1.83. The van der Waals surface area contributed by atoms with Crippen LogP contribution < -0.4 is 5.56 Å². The van der Waals surface area contributed by atoms with Crippen LogP contribution in [-0.2, 0) is 18.2 Å². The number of nitrogens with one attached hydrogen (secondary N) is 1. The van der Waals surface area contributed by atoms with E-state index in [2.05, 4.69) is 40.8 Å². The topological polar surface area (TPSA) is 89.6 Å². The van der Waals surface area contributed by atoms with Crippen LogP contribution in [-0.4, -0.2) is 24.7 Å². The summed E-state index contributed by atoms with van der Waals surface area (Å²) in [5.41, 5.74) is 1.54. The lowest BCUT2D eigenvalue weighted by Crippen LogP contribution is -2.09. The van der Waals surface area contributed by atoms with Crippen LogP contribution in [0.15, 0.2) is 20.6 Å². The molecule has 0 unspecified atom stereocenters. The van der Waals surface area contributed by atoms with E-state index in [4.69, 9.17) is 4.42 Å². The fraction of sp³-hybridized carbons (Fsp3) is 0.467. The maximum Gasteiger partial charge on any atom is 0.279 e. The van der Waals surface area contributed by atoms with E-state index < -0.39 is 0 Å². The molecule has 0 bridgehead atoms. The van der Waals surface area contributed by atoms with Gasteiger partial charge in [-0.2, -0.15) is 5.10 Å². The van der Waals surface area contributed by atoms with Crippen molar-refractivity contribution in [2.45, 2.75) is 44.0 Å². The summed E-state index contributed by atoms with van der Waals surface area (Å²) in [6, 6.07) is 0. The summed E-state index contributed by atoms with van der Waals surface area (Å²) in [5.74, 6) is 1.96. The third kappa shape index (κ3) is 3.03. The van der Waals surface area contributed by atoms with E-state index in [1.807, 2.05) is 6.92 Å². The molecule has 0 aliphatic rings. The summed E-state index contributed by atoms with van der Waals surface area (Å²) >= 11 is 1.38. The fourth-order valence-corrected chi connectivity index (χ4v) is 2.81. The van der Waals surface area contributed by atoms with Gasteiger partial charge < -0.3 is 4.42 Å². The number of aromatic nitrogens is 5. The first-order valence-corrected chi connectivity index (χ1v) is 8.26. The second-order valence-electron chi connectivity index (χ2n) is 6.43. The monoisotopic (exact) mass is 333 g/mol. The Morgan fingerprint density at radius 2 is 2.09 bits per heavy atom. The van der Waals surface area contributed by atoms with Gasteiger partial charge in [0, 0.05) is 12.5 Å². The molecular formula is C15H19N5O2S. The van der Waals surface area contributed by atoms with Crippen molar-refractivity contribution in [1.29, 1.82) is 0 Å². The Labute approximate surface area is 137 Å². The van der Waals surface area contributed by atoms with Gasteiger partial charge >= 0.3 is 0 Å². The SMILES string of the molecule is Cc1c2nc(SCc3ncc(C(C)(C)C)o3)[nH]c(=O)c2nn1C. The molecule has 3 aromatic rings. The van der Waals surface area contributed by atoms with Crippen molar-refractivity contribution in [3.63, 3.8) is 0 Å². The van der Waals surface area contributed by atoms with Gasteiger partial charge in [0.25, 0.3) is 5.56 Å². The van der Waals surface area contributed by atoms with Crippen LogP contribution in [0.4, 0.5) is 0 Å². The molecule has 0 radical (unpaired) electrons. The second-order valence-corrected chi connectivity index (χ2v) is 7.40. The van der Waals surface area contributed by atoms with Crippen LogP contribution >= 0.6 is 11.8 Å². The van der Waals surface area contributed by atoms with E-state index in [0.29, 0.717) is 27.8 Å². The molecule has 8 heteroatoms. The molecule has 1 N–H and O–H groups in total. The molecule has 0 atom stereocenters. The Bertz CT molecular complexity index is 916. The van der Waals surface area contributed by atoms with Gasteiger partial charge in [0.15, 0.2) is 10.7 Å². The predicted molar refractivity (Wildman–Crippen MR) is 88.6 cm³/mol. The van der Waals surface area contributed by atoms with Crippen LogP contribution in [0.5, 0.6) is 0 Å². The lowest BCUT2D eigenvalue weighted by atomic mass is 9.94. The van der Waals surface area contributed by atoms with E-state index in [0.717, 1.165) is 11.5 Å². The number of rotatable bonds is 3. The number of hydrogen-bond acceptors (Lipinski definition) is 6. The number of nitrogens with zero attached hydrogens (tertiary/aromatic N) is 4. The van der Waals surface area contributed by atoms with E-state index in [9.17, 15) is 4.79 Å². The molecule has 0 saturated heterocycles. The minimum atomic E-state index is -0.232. The standard InChI is InChI=1S/C15H19N5O2S/c1-8-11-12(19-20(8)5)13(21)18-14(17-11)23-7-10-16-6-9(22-10)15(2,3)4/h6H,7H2,1-5H3,(H,17,18,21). The maximum absolute atomic E-state index is 12.1. The molecule has 7 nitrogen and oxygen atoms in total. The third-order valence-corrected chi connectivity index (χ3v) is 4.43. The minimum absolute atomic E-state index is 0.0752. The van der Waals surface area contributed by atoms with Crippen LogP contribution in [0.3, 0.4) is 0 Å². The molecule has 0 spiro atoms. The molecule has 3 aromatic heterocycles. The number of oxazole rings is 1. The first kappa shape index (κ1) is 15.8. The van der Waals surface area contributed by atoms with Crippen molar-refractivity contribution >= 4 is 22.8 Å². The zero-order valence-electron chi connectivity index (χ0n) is 13.8.